The monoisotopic (exact) mass is 223 g/mol. The van der Waals surface area contributed by atoms with Gasteiger partial charge in [0.2, 0.25) is 5.95 Å². The molecule has 90 valence electrons. The van der Waals surface area contributed by atoms with Crippen molar-refractivity contribution in [1.29, 1.82) is 0 Å². The van der Waals surface area contributed by atoms with E-state index in [9.17, 15) is 5.11 Å². The van der Waals surface area contributed by atoms with Crippen LogP contribution in [-0.4, -0.2) is 27.7 Å². The zero-order chi connectivity index (χ0) is 12.2. The van der Waals surface area contributed by atoms with E-state index in [1.807, 2.05) is 13.8 Å². The predicted molar refractivity (Wildman–Crippen MR) is 65.3 cm³/mol. The number of aliphatic hydroxyl groups excluding tert-OH is 1. The zero-order valence-electron chi connectivity index (χ0n) is 10.5. The Kier molecular flexibility index (Phi) is 4.24. The first-order valence-corrected chi connectivity index (χ1v) is 5.60. The van der Waals surface area contributed by atoms with Crippen LogP contribution in [0.15, 0.2) is 12.4 Å². The van der Waals surface area contributed by atoms with Gasteiger partial charge in [-0.3, -0.25) is 0 Å². The third kappa shape index (κ3) is 4.57. The Balaban J connectivity index is 2.47. The highest BCUT2D eigenvalue weighted by Crippen LogP contribution is 2.22. The minimum atomic E-state index is -0.282. The van der Waals surface area contributed by atoms with Crippen LogP contribution in [0.1, 0.15) is 32.8 Å². The lowest BCUT2D eigenvalue weighted by molar-refractivity contribution is 0.135. The number of nitrogens with one attached hydrogen (secondary N) is 1. The summed E-state index contributed by atoms with van der Waals surface area (Å²) < 4.78 is 0. The lowest BCUT2D eigenvalue weighted by atomic mass is 9.87. The summed E-state index contributed by atoms with van der Waals surface area (Å²) in [7, 11) is 0. The predicted octanol–water partition coefficient (Wildman–Crippen LogP) is 1.99. The Hall–Kier alpha value is -1.16. The van der Waals surface area contributed by atoms with Crippen molar-refractivity contribution in [2.24, 2.45) is 5.41 Å². The number of rotatable bonds is 5. The Morgan fingerprint density at radius 3 is 2.44 bits per heavy atom. The smallest absolute Gasteiger partial charge is 0.222 e. The molecule has 1 aromatic rings. The molecule has 1 rings (SSSR count). The van der Waals surface area contributed by atoms with Crippen LogP contribution >= 0.6 is 0 Å². The number of hydrogen-bond donors (Lipinski definition) is 2. The van der Waals surface area contributed by atoms with Gasteiger partial charge in [-0.15, -0.1) is 0 Å². The van der Waals surface area contributed by atoms with Crippen molar-refractivity contribution in [3.05, 3.63) is 18.0 Å². The van der Waals surface area contributed by atoms with Crippen LogP contribution in [0.25, 0.3) is 0 Å². The number of anilines is 1. The Labute approximate surface area is 97.1 Å². The van der Waals surface area contributed by atoms with Gasteiger partial charge >= 0.3 is 0 Å². The number of aryl methyl sites for hydroxylation is 1. The molecule has 0 aliphatic heterocycles. The molecular formula is C12H21N3O. The van der Waals surface area contributed by atoms with Crippen molar-refractivity contribution in [3.63, 3.8) is 0 Å². The third-order valence-electron chi connectivity index (χ3n) is 2.35. The molecule has 4 heteroatoms. The van der Waals surface area contributed by atoms with Gasteiger partial charge in [0.25, 0.3) is 0 Å². The molecule has 1 unspecified atom stereocenters. The minimum absolute atomic E-state index is 0.0302. The highest BCUT2D eigenvalue weighted by atomic mass is 16.3. The van der Waals surface area contributed by atoms with Gasteiger partial charge in [0.15, 0.2) is 0 Å². The average Bonchev–Trinajstić information content (AvgIpc) is 2.15. The molecule has 0 fully saturated rings. The summed E-state index contributed by atoms with van der Waals surface area (Å²) in [5.41, 5.74) is 1.08. The van der Waals surface area contributed by atoms with E-state index in [2.05, 4.69) is 29.1 Å². The van der Waals surface area contributed by atoms with Crippen LogP contribution < -0.4 is 5.32 Å². The van der Waals surface area contributed by atoms with Gasteiger partial charge in [0, 0.05) is 18.9 Å². The van der Waals surface area contributed by atoms with Gasteiger partial charge in [-0.1, -0.05) is 13.8 Å². The summed E-state index contributed by atoms with van der Waals surface area (Å²) in [5, 5.41) is 12.5. The van der Waals surface area contributed by atoms with Gasteiger partial charge < -0.3 is 10.4 Å². The normalized spacial score (nSPS) is 13.6. The topological polar surface area (TPSA) is 58.0 Å². The first-order valence-electron chi connectivity index (χ1n) is 5.60. The molecule has 0 radical (unpaired) electrons. The second-order valence-corrected chi connectivity index (χ2v) is 5.15. The summed E-state index contributed by atoms with van der Waals surface area (Å²) in [6, 6.07) is 0. The van der Waals surface area contributed by atoms with Crippen molar-refractivity contribution >= 4 is 5.95 Å². The van der Waals surface area contributed by atoms with Gasteiger partial charge in [-0.05, 0) is 31.2 Å². The van der Waals surface area contributed by atoms with Crippen LogP contribution in [0.4, 0.5) is 5.95 Å². The lowest BCUT2D eigenvalue weighted by Crippen LogP contribution is -2.27. The van der Waals surface area contributed by atoms with E-state index < -0.39 is 0 Å². The van der Waals surface area contributed by atoms with E-state index in [4.69, 9.17) is 0 Å². The molecule has 0 aliphatic rings. The molecule has 16 heavy (non-hydrogen) atoms. The highest BCUT2D eigenvalue weighted by Gasteiger charge is 2.20. The minimum Gasteiger partial charge on any atom is -0.393 e. The number of nitrogens with zero attached hydrogens (tertiary/aromatic N) is 2. The molecule has 0 saturated heterocycles. The molecule has 0 amide bonds. The summed E-state index contributed by atoms with van der Waals surface area (Å²) in [6.07, 6.45) is 4.05. The zero-order valence-corrected chi connectivity index (χ0v) is 10.5. The van der Waals surface area contributed by atoms with Crippen molar-refractivity contribution in [2.75, 3.05) is 11.9 Å². The third-order valence-corrected chi connectivity index (χ3v) is 2.35. The van der Waals surface area contributed by atoms with Crippen molar-refractivity contribution in [3.8, 4) is 0 Å². The molecule has 1 atom stereocenters. The molecule has 0 spiro atoms. The standard InChI is InChI=1S/C12H21N3O/c1-9-6-13-11(14-7-9)15-8-12(3,4)5-10(2)16/h6-7,10,16H,5,8H2,1-4H3,(H,13,14,15). The number of aliphatic hydroxyl groups is 1. The second-order valence-electron chi connectivity index (χ2n) is 5.15. The van der Waals surface area contributed by atoms with Gasteiger partial charge in [-0.2, -0.15) is 0 Å². The summed E-state index contributed by atoms with van der Waals surface area (Å²) >= 11 is 0. The first kappa shape index (κ1) is 12.9. The van der Waals surface area contributed by atoms with E-state index in [0.29, 0.717) is 5.95 Å². The van der Waals surface area contributed by atoms with Crippen LogP contribution in [-0.2, 0) is 0 Å². The highest BCUT2D eigenvalue weighted by molar-refractivity contribution is 5.24. The van der Waals surface area contributed by atoms with E-state index >= 15 is 0 Å². The van der Waals surface area contributed by atoms with Crippen molar-refractivity contribution in [1.82, 2.24) is 9.97 Å². The maximum absolute atomic E-state index is 9.36. The number of hydrogen-bond acceptors (Lipinski definition) is 4. The van der Waals surface area contributed by atoms with E-state index in [0.717, 1.165) is 18.5 Å². The fraction of sp³-hybridized carbons (Fsp3) is 0.667. The maximum atomic E-state index is 9.36. The summed E-state index contributed by atoms with van der Waals surface area (Å²) in [5.74, 6) is 0.643. The molecule has 2 N–H and O–H groups in total. The molecule has 1 aromatic heterocycles. The van der Waals surface area contributed by atoms with Gasteiger partial charge in [-0.25, -0.2) is 9.97 Å². The molecular weight excluding hydrogens is 202 g/mol. The quantitative estimate of drug-likeness (QED) is 0.801. The van der Waals surface area contributed by atoms with E-state index in [1.54, 1.807) is 12.4 Å². The fourth-order valence-corrected chi connectivity index (χ4v) is 1.67. The van der Waals surface area contributed by atoms with Crippen molar-refractivity contribution in [2.45, 2.75) is 40.2 Å². The maximum Gasteiger partial charge on any atom is 0.222 e. The van der Waals surface area contributed by atoms with E-state index in [-0.39, 0.29) is 11.5 Å². The Morgan fingerprint density at radius 2 is 1.94 bits per heavy atom. The Morgan fingerprint density at radius 1 is 1.38 bits per heavy atom. The van der Waals surface area contributed by atoms with Crippen molar-refractivity contribution < 1.29 is 5.11 Å². The molecule has 0 aromatic carbocycles. The second kappa shape index (κ2) is 5.25. The van der Waals surface area contributed by atoms with Crippen LogP contribution in [0.3, 0.4) is 0 Å². The largest absolute Gasteiger partial charge is 0.393 e. The van der Waals surface area contributed by atoms with Crippen LogP contribution in [0.2, 0.25) is 0 Å². The van der Waals surface area contributed by atoms with Gasteiger partial charge in [0.05, 0.1) is 6.10 Å². The SMILES string of the molecule is Cc1cnc(NCC(C)(C)CC(C)O)nc1. The lowest BCUT2D eigenvalue weighted by Gasteiger charge is -2.26. The number of aromatic nitrogens is 2. The summed E-state index contributed by atoms with van der Waals surface area (Å²) in [6.45, 7) is 8.74. The Bertz CT molecular complexity index is 320. The van der Waals surface area contributed by atoms with Gasteiger partial charge in [0.1, 0.15) is 0 Å². The molecule has 1 heterocycles. The summed E-state index contributed by atoms with van der Waals surface area (Å²) in [4.78, 5) is 8.35. The van der Waals surface area contributed by atoms with Crippen LogP contribution in [0.5, 0.6) is 0 Å². The van der Waals surface area contributed by atoms with E-state index in [1.165, 1.54) is 0 Å². The molecule has 0 bridgehead atoms. The molecule has 0 saturated carbocycles. The molecule has 0 aliphatic carbocycles. The molecule has 4 nitrogen and oxygen atoms in total. The van der Waals surface area contributed by atoms with Crippen LogP contribution in [0, 0.1) is 12.3 Å². The average molecular weight is 223 g/mol. The first-order chi connectivity index (χ1) is 7.39. The fourth-order valence-electron chi connectivity index (χ4n) is 1.67.